The van der Waals surface area contributed by atoms with Crippen LogP contribution < -0.4 is 0 Å². The number of nitrogens with one attached hydrogen (secondary N) is 1. The Labute approximate surface area is 388 Å². The average Bonchev–Trinajstić information content (AvgIpc) is 3.98. The third kappa shape index (κ3) is 8.44. The van der Waals surface area contributed by atoms with Gasteiger partial charge in [0.15, 0.2) is 0 Å². The summed E-state index contributed by atoms with van der Waals surface area (Å²) in [5.41, 5.74) is 31.2. The number of H-pyrrole nitrogens is 1. The van der Waals surface area contributed by atoms with E-state index >= 15 is 0 Å². The van der Waals surface area contributed by atoms with Crippen molar-refractivity contribution in [1.29, 1.82) is 0 Å². The summed E-state index contributed by atoms with van der Waals surface area (Å²) in [6.07, 6.45) is 8.69. The van der Waals surface area contributed by atoms with Crippen molar-refractivity contribution >= 4 is 65.8 Å². The minimum absolute atomic E-state index is 0.346. The second kappa shape index (κ2) is 17.7. The van der Waals surface area contributed by atoms with Crippen LogP contribution >= 0.6 is 19.4 Å². The second-order valence-corrected chi connectivity index (χ2v) is 20.3. The van der Waals surface area contributed by atoms with Gasteiger partial charge < -0.3 is 9.55 Å². The molecular formula is C56H54Cl2N4Ru. The van der Waals surface area contributed by atoms with Crippen molar-refractivity contribution in [2.75, 3.05) is 0 Å². The van der Waals surface area contributed by atoms with E-state index in [0.717, 1.165) is 50.4 Å². The molecule has 1 N–H and O–H groups in total. The summed E-state index contributed by atoms with van der Waals surface area (Å²) in [4.78, 5) is 14.4. The molecule has 0 amide bonds. The number of aryl methyl sites for hydroxylation is 12. The third-order valence-electron chi connectivity index (χ3n) is 12.3. The molecule has 9 rings (SSSR count). The standard InChI is InChI=1S/C56H54N4.2ClH.Ru/c1-30-19-34(5)49(35(6)20-30)52-47-18-17-45(59-47)28-44-14-13-42(57-44)27-43-15-16-46(58-43)29-48-53(50-36(7)21-31(2)22-37(50)8)54(51-38(9)23-32(3)24-39(51)10)56(52)60(48)55-40(11)25-33(4)26-41(55)12;;;/h13-29,57H,1-12H3;2*1H;/q;;;+2/p-2. The molecule has 4 aromatic carbocycles. The van der Waals surface area contributed by atoms with Crippen molar-refractivity contribution in [3.05, 3.63) is 168 Å². The molecule has 0 unspecified atom stereocenters. The van der Waals surface area contributed by atoms with Gasteiger partial charge in [-0.2, -0.15) is 0 Å². The monoisotopic (exact) mass is 954 g/mol. The van der Waals surface area contributed by atoms with Gasteiger partial charge in [0, 0.05) is 27.7 Å². The average molecular weight is 955 g/mol. The van der Waals surface area contributed by atoms with E-state index in [1.807, 2.05) is 0 Å². The Bertz CT molecular complexity index is 3160. The number of aromatic amines is 1. The fourth-order valence-electron chi connectivity index (χ4n) is 10.5. The maximum absolute atomic E-state index is 5.56. The summed E-state index contributed by atoms with van der Waals surface area (Å²) < 4.78 is 2.60. The number of nitrogens with zero attached hydrogens (tertiary/aromatic N) is 3. The molecule has 2 aliphatic heterocycles. The summed E-state index contributed by atoms with van der Waals surface area (Å²) in [6, 6.07) is 29.6. The Morgan fingerprint density at radius 2 is 0.778 bits per heavy atom. The molecule has 7 aromatic rings. The van der Waals surface area contributed by atoms with Crippen molar-refractivity contribution < 1.29 is 15.1 Å². The first-order valence-corrected chi connectivity index (χ1v) is 25.9. The minimum atomic E-state index is -0.346. The van der Waals surface area contributed by atoms with E-state index in [-0.39, 0.29) is 15.1 Å². The zero-order valence-electron chi connectivity index (χ0n) is 38.3. The number of hydrogen-bond donors (Lipinski definition) is 1. The van der Waals surface area contributed by atoms with Gasteiger partial charge in [0.1, 0.15) is 0 Å². The maximum atomic E-state index is 5.56. The SMILES string of the molecule is Cc1cc(C)c(-c2c(-c3c(C)cc(C)cc3C)c3c(-c4c(C)cc(C)cc4C)c4nc(cc5ccc(cc6nc(cc2n3-c2c(C)cc(C)cc2C)C=C6)[nH]5)C=C4)c(C)c1.[Cl][Ru][Cl]. The van der Waals surface area contributed by atoms with Crippen molar-refractivity contribution in [3.8, 4) is 39.1 Å². The fraction of sp³-hybridized carbons (Fsp3) is 0.214. The summed E-state index contributed by atoms with van der Waals surface area (Å²) in [6.45, 7) is 27.0. The van der Waals surface area contributed by atoms with Crippen LogP contribution in [-0.2, 0) is 15.1 Å². The van der Waals surface area contributed by atoms with E-state index in [1.165, 1.54) is 100 Å². The van der Waals surface area contributed by atoms with Gasteiger partial charge in [0.05, 0.1) is 39.5 Å². The van der Waals surface area contributed by atoms with Gasteiger partial charge in [0.2, 0.25) is 0 Å². The summed E-state index contributed by atoms with van der Waals surface area (Å²) in [7, 11) is 9.71. The number of rotatable bonds is 4. The Balaban J connectivity index is 0.00000177. The molecule has 4 nitrogen and oxygen atoms in total. The van der Waals surface area contributed by atoms with Crippen LogP contribution in [0.4, 0.5) is 0 Å². The van der Waals surface area contributed by atoms with Gasteiger partial charge in [-0.1, -0.05) is 70.8 Å². The number of halogens is 2. The molecule has 0 fully saturated rings. The van der Waals surface area contributed by atoms with E-state index in [2.05, 4.69) is 196 Å². The first-order chi connectivity index (χ1) is 30.1. The molecule has 63 heavy (non-hydrogen) atoms. The van der Waals surface area contributed by atoms with Crippen molar-refractivity contribution in [2.24, 2.45) is 0 Å². The van der Waals surface area contributed by atoms with Crippen LogP contribution in [0.3, 0.4) is 0 Å². The number of hydrogen-bond acceptors (Lipinski definition) is 2. The van der Waals surface area contributed by atoms with Crippen LogP contribution in [0.25, 0.3) is 85.4 Å². The fourth-order valence-corrected chi connectivity index (χ4v) is 10.5. The van der Waals surface area contributed by atoms with Crippen molar-refractivity contribution in [1.82, 2.24) is 19.5 Å². The predicted molar refractivity (Wildman–Crippen MR) is 269 cm³/mol. The molecule has 0 radical (unpaired) electrons. The van der Waals surface area contributed by atoms with Gasteiger partial charge in [0.25, 0.3) is 0 Å². The van der Waals surface area contributed by atoms with Gasteiger partial charge in [-0.15, -0.1) is 0 Å². The first kappa shape index (κ1) is 44.3. The van der Waals surface area contributed by atoms with Crippen molar-refractivity contribution in [2.45, 2.75) is 83.1 Å². The van der Waals surface area contributed by atoms with Gasteiger partial charge in [-0.25, -0.2) is 9.97 Å². The number of fused-ring (bicyclic) bond motifs is 8. The Morgan fingerprint density at radius 3 is 1.24 bits per heavy atom. The molecule has 0 aliphatic carbocycles. The molecule has 320 valence electrons. The molecule has 5 heterocycles. The molecule has 8 bridgehead atoms. The summed E-state index contributed by atoms with van der Waals surface area (Å²) in [5, 5.41) is 0. The number of benzene rings is 4. The molecular weight excluding hydrogens is 901 g/mol. The van der Waals surface area contributed by atoms with Crippen LogP contribution in [0.15, 0.2) is 78.9 Å². The van der Waals surface area contributed by atoms with E-state index in [0.29, 0.717) is 0 Å². The third-order valence-corrected chi connectivity index (χ3v) is 12.3. The zero-order valence-corrected chi connectivity index (χ0v) is 41.5. The van der Waals surface area contributed by atoms with Crippen LogP contribution in [0.1, 0.15) is 89.5 Å². The second-order valence-electron chi connectivity index (χ2n) is 17.7. The molecule has 7 heteroatoms. The van der Waals surface area contributed by atoms with E-state index in [1.54, 1.807) is 0 Å². The normalized spacial score (nSPS) is 12.0. The van der Waals surface area contributed by atoms with Crippen LogP contribution in [0, 0.1) is 83.1 Å². The Hall–Kier alpha value is -5.32. The summed E-state index contributed by atoms with van der Waals surface area (Å²) >= 11 is -0.346. The Morgan fingerprint density at radius 1 is 0.413 bits per heavy atom. The van der Waals surface area contributed by atoms with E-state index in [9.17, 15) is 0 Å². The topological polar surface area (TPSA) is 46.5 Å². The molecule has 0 spiro atoms. The zero-order chi connectivity index (χ0) is 45.0. The molecule has 2 aliphatic rings. The van der Waals surface area contributed by atoms with E-state index in [4.69, 9.17) is 29.4 Å². The van der Waals surface area contributed by atoms with Gasteiger partial charge in [-0.05, 0) is 199 Å². The van der Waals surface area contributed by atoms with Crippen LogP contribution in [0.2, 0.25) is 0 Å². The number of aromatic nitrogens is 4. The predicted octanol–water partition coefficient (Wildman–Crippen LogP) is 16.2. The van der Waals surface area contributed by atoms with Crippen molar-refractivity contribution in [3.63, 3.8) is 0 Å². The molecule has 0 atom stereocenters. The Kier molecular flexibility index (Phi) is 12.4. The molecule has 3 aromatic heterocycles. The van der Waals surface area contributed by atoms with E-state index < -0.39 is 0 Å². The van der Waals surface area contributed by atoms with Crippen LogP contribution in [0.5, 0.6) is 0 Å². The van der Waals surface area contributed by atoms with Crippen LogP contribution in [-0.4, -0.2) is 19.5 Å². The quantitative estimate of drug-likeness (QED) is 0.179. The molecule has 0 saturated carbocycles. The summed E-state index contributed by atoms with van der Waals surface area (Å²) in [5.74, 6) is 0. The molecule has 0 saturated heterocycles. The first-order valence-electron chi connectivity index (χ1n) is 21.4. The van der Waals surface area contributed by atoms with Gasteiger partial charge in [-0.3, -0.25) is 0 Å². The van der Waals surface area contributed by atoms with Gasteiger partial charge >= 0.3 is 34.5 Å².